The molecule has 1 amide bonds. The average Bonchev–Trinajstić information content (AvgIpc) is 2.37. The van der Waals surface area contributed by atoms with Crippen LogP contribution in [0.5, 0.6) is 0 Å². The minimum Gasteiger partial charge on any atom is -0.443 e. The molecule has 5 heteroatoms. The van der Waals surface area contributed by atoms with Crippen molar-refractivity contribution in [3.63, 3.8) is 0 Å². The maximum absolute atomic E-state index is 11.9. The van der Waals surface area contributed by atoms with Crippen molar-refractivity contribution in [3.8, 4) is 0 Å². The van der Waals surface area contributed by atoms with Crippen LogP contribution in [-0.2, 0) is 4.74 Å². The Bertz CT molecular complexity index is 474. The number of piperidine rings is 1. The number of pyridine rings is 1. The molecule has 0 aliphatic carbocycles. The third-order valence-electron chi connectivity index (χ3n) is 3.65. The van der Waals surface area contributed by atoms with Crippen molar-refractivity contribution in [2.75, 3.05) is 18.0 Å². The molecule has 0 unspecified atom stereocenters. The van der Waals surface area contributed by atoms with Gasteiger partial charge in [0.05, 0.1) is 11.9 Å². The Hall–Kier alpha value is -1.78. The molecule has 0 atom stereocenters. The van der Waals surface area contributed by atoms with Crippen molar-refractivity contribution in [1.29, 1.82) is 0 Å². The van der Waals surface area contributed by atoms with E-state index in [9.17, 15) is 4.79 Å². The number of anilines is 1. The van der Waals surface area contributed by atoms with Gasteiger partial charge in [-0.2, -0.15) is 0 Å². The van der Waals surface area contributed by atoms with Gasteiger partial charge in [-0.25, -0.2) is 4.79 Å². The van der Waals surface area contributed by atoms with Crippen LogP contribution in [0.15, 0.2) is 24.5 Å². The van der Waals surface area contributed by atoms with Crippen molar-refractivity contribution < 1.29 is 9.53 Å². The standard InChI is InChI=1S/C16H25N3O2/c1-15(2,3)18-14(20)21-16(4)7-10-19(11-8-16)13-6-5-9-17-12-13/h5-6,9,12H,7-8,10-11H2,1-4H3,(H,18,20). The predicted molar refractivity (Wildman–Crippen MR) is 83.5 cm³/mol. The van der Waals surface area contributed by atoms with Gasteiger partial charge in [-0.1, -0.05) is 0 Å². The first kappa shape index (κ1) is 15.6. The van der Waals surface area contributed by atoms with Crippen molar-refractivity contribution in [2.45, 2.75) is 51.7 Å². The Morgan fingerprint density at radius 3 is 2.57 bits per heavy atom. The lowest BCUT2D eigenvalue weighted by Gasteiger charge is -2.40. The second-order valence-electron chi connectivity index (χ2n) is 6.91. The number of hydrogen-bond donors (Lipinski definition) is 1. The van der Waals surface area contributed by atoms with E-state index in [1.807, 2.05) is 40.0 Å². The summed E-state index contributed by atoms with van der Waals surface area (Å²) in [5.74, 6) is 0. The van der Waals surface area contributed by atoms with Gasteiger partial charge in [-0.15, -0.1) is 0 Å². The van der Waals surface area contributed by atoms with E-state index < -0.39 is 5.60 Å². The van der Waals surface area contributed by atoms with Crippen molar-refractivity contribution in [1.82, 2.24) is 10.3 Å². The molecule has 0 radical (unpaired) electrons. The number of carbonyl (C=O) groups excluding carboxylic acids is 1. The molecule has 1 fully saturated rings. The first-order valence-corrected chi connectivity index (χ1v) is 7.44. The number of rotatable bonds is 2. The highest BCUT2D eigenvalue weighted by atomic mass is 16.6. The third kappa shape index (κ3) is 4.62. The number of hydrogen-bond acceptors (Lipinski definition) is 4. The molecule has 0 saturated carbocycles. The van der Waals surface area contributed by atoms with Gasteiger partial charge in [0.25, 0.3) is 0 Å². The lowest BCUT2D eigenvalue weighted by molar-refractivity contribution is 0.00414. The Morgan fingerprint density at radius 1 is 1.38 bits per heavy atom. The van der Waals surface area contributed by atoms with Crippen LogP contribution in [0.4, 0.5) is 10.5 Å². The summed E-state index contributed by atoms with van der Waals surface area (Å²) < 4.78 is 5.65. The van der Waals surface area contributed by atoms with Gasteiger partial charge in [-0.3, -0.25) is 4.98 Å². The maximum atomic E-state index is 11.9. The lowest BCUT2D eigenvalue weighted by Crippen LogP contribution is -2.49. The van der Waals surface area contributed by atoms with E-state index in [2.05, 4.69) is 21.3 Å². The van der Waals surface area contributed by atoms with Crippen LogP contribution in [0.1, 0.15) is 40.5 Å². The van der Waals surface area contributed by atoms with Crippen LogP contribution in [-0.4, -0.2) is 35.3 Å². The highest BCUT2D eigenvalue weighted by Gasteiger charge is 2.34. The van der Waals surface area contributed by atoms with E-state index in [4.69, 9.17) is 4.74 Å². The molecule has 1 aliphatic heterocycles. The van der Waals surface area contributed by atoms with Crippen LogP contribution in [0.2, 0.25) is 0 Å². The van der Waals surface area contributed by atoms with Crippen molar-refractivity contribution in [3.05, 3.63) is 24.5 Å². The first-order chi connectivity index (χ1) is 9.77. The average molecular weight is 291 g/mol. The number of amides is 1. The van der Waals surface area contributed by atoms with E-state index in [0.29, 0.717) is 0 Å². The minimum atomic E-state index is -0.395. The molecule has 2 rings (SSSR count). The molecular formula is C16H25N3O2. The molecular weight excluding hydrogens is 266 g/mol. The first-order valence-electron chi connectivity index (χ1n) is 7.44. The van der Waals surface area contributed by atoms with Crippen LogP contribution < -0.4 is 10.2 Å². The van der Waals surface area contributed by atoms with E-state index >= 15 is 0 Å². The Kier molecular flexibility index (Phi) is 4.40. The van der Waals surface area contributed by atoms with Gasteiger partial charge in [0, 0.05) is 37.7 Å². The van der Waals surface area contributed by atoms with Crippen molar-refractivity contribution in [2.24, 2.45) is 0 Å². The highest BCUT2D eigenvalue weighted by molar-refractivity contribution is 5.68. The molecule has 1 aromatic heterocycles. The fraction of sp³-hybridized carbons (Fsp3) is 0.625. The Labute approximate surface area is 126 Å². The van der Waals surface area contributed by atoms with Crippen LogP contribution in [0.3, 0.4) is 0 Å². The summed E-state index contributed by atoms with van der Waals surface area (Å²) in [7, 11) is 0. The zero-order valence-electron chi connectivity index (χ0n) is 13.3. The number of carbonyl (C=O) groups is 1. The second kappa shape index (κ2) is 5.92. The summed E-state index contributed by atoms with van der Waals surface area (Å²) in [4.78, 5) is 18.4. The van der Waals surface area contributed by atoms with Gasteiger partial charge < -0.3 is 15.0 Å². The molecule has 1 N–H and O–H groups in total. The minimum absolute atomic E-state index is 0.274. The summed E-state index contributed by atoms with van der Waals surface area (Å²) in [6, 6.07) is 4.00. The molecule has 1 saturated heterocycles. The fourth-order valence-electron chi connectivity index (χ4n) is 2.44. The molecule has 0 aromatic carbocycles. The van der Waals surface area contributed by atoms with Crippen LogP contribution in [0, 0.1) is 0 Å². The van der Waals surface area contributed by atoms with E-state index in [0.717, 1.165) is 31.6 Å². The molecule has 2 heterocycles. The topological polar surface area (TPSA) is 54.5 Å². The Balaban J connectivity index is 1.89. The van der Waals surface area contributed by atoms with Gasteiger partial charge in [0.1, 0.15) is 5.60 Å². The molecule has 116 valence electrons. The SMILES string of the molecule is CC(C)(C)NC(=O)OC1(C)CCN(c2cccnc2)CC1. The van der Waals surface area contributed by atoms with Gasteiger partial charge in [0.2, 0.25) is 0 Å². The molecule has 21 heavy (non-hydrogen) atoms. The summed E-state index contributed by atoms with van der Waals surface area (Å²) in [6.45, 7) is 9.58. The molecule has 0 bridgehead atoms. The highest BCUT2D eigenvalue weighted by Crippen LogP contribution is 2.28. The van der Waals surface area contributed by atoms with E-state index in [-0.39, 0.29) is 11.6 Å². The third-order valence-corrected chi connectivity index (χ3v) is 3.65. The largest absolute Gasteiger partial charge is 0.443 e. The zero-order valence-corrected chi connectivity index (χ0v) is 13.3. The quantitative estimate of drug-likeness (QED) is 0.910. The number of nitrogens with one attached hydrogen (secondary N) is 1. The summed E-state index contributed by atoms with van der Waals surface area (Å²) in [5, 5.41) is 2.85. The maximum Gasteiger partial charge on any atom is 0.408 e. The summed E-state index contributed by atoms with van der Waals surface area (Å²) in [6.07, 6.45) is 4.95. The van der Waals surface area contributed by atoms with Gasteiger partial charge in [0.15, 0.2) is 0 Å². The fourth-order valence-corrected chi connectivity index (χ4v) is 2.44. The van der Waals surface area contributed by atoms with Crippen LogP contribution >= 0.6 is 0 Å². The summed E-state index contributed by atoms with van der Waals surface area (Å²) >= 11 is 0. The zero-order chi connectivity index (χ0) is 15.5. The van der Waals surface area contributed by atoms with E-state index in [1.54, 1.807) is 6.20 Å². The number of nitrogens with zero attached hydrogens (tertiary/aromatic N) is 2. The van der Waals surface area contributed by atoms with Gasteiger partial charge >= 0.3 is 6.09 Å². The second-order valence-corrected chi connectivity index (χ2v) is 6.91. The smallest absolute Gasteiger partial charge is 0.408 e. The molecule has 1 aliphatic rings. The molecule has 1 aromatic rings. The van der Waals surface area contributed by atoms with Crippen molar-refractivity contribution >= 4 is 11.8 Å². The number of aromatic nitrogens is 1. The van der Waals surface area contributed by atoms with Crippen LogP contribution in [0.25, 0.3) is 0 Å². The lowest BCUT2D eigenvalue weighted by atomic mass is 9.93. The number of alkyl carbamates (subject to hydrolysis) is 1. The Morgan fingerprint density at radius 2 is 2.05 bits per heavy atom. The van der Waals surface area contributed by atoms with E-state index in [1.165, 1.54) is 0 Å². The monoisotopic (exact) mass is 291 g/mol. The number of ether oxygens (including phenoxy) is 1. The van der Waals surface area contributed by atoms with Gasteiger partial charge in [-0.05, 0) is 39.8 Å². The molecule has 0 spiro atoms. The molecule has 5 nitrogen and oxygen atoms in total. The summed E-state index contributed by atoms with van der Waals surface area (Å²) in [5.41, 5.74) is 0.455. The normalized spacial score (nSPS) is 18.2. The predicted octanol–water partition coefficient (Wildman–Crippen LogP) is 2.97.